The molecule has 2 aromatic rings. The van der Waals surface area contributed by atoms with Crippen LogP contribution in [0.4, 0.5) is 0 Å². The predicted molar refractivity (Wildman–Crippen MR) is 74.5 cm³/mol. The first-order valence-corrected chi connectivity index (χ1v) is 7.17. The molecule has 0 radical (unpaired) electrons. The van der Waals surface area contributed by atoms with E-state index >= 15 is 0 Å². The van der Waals surface area contributed by atoms with Gasteiger partial charge in [0, 0.05) is 15.6 Å². The van der Waals surface area contributed by atoms with E-state index in [4.69, 9.17) is 4.74 Å². The van der Waals surface area contributed by atoms with Crippen molar-refractivity contribution in [2.75, 3.05) is 6.26 Å². The average Bonchev–Trinajstić information content (AvgIpc) is 2.38. The number of benzene rings is 1. The molecule has 0 unspecified atom stereocenters. The molecule has 0 spiro atoms. The van der Waals surface area contributed by atoms with E-state index in [2.05, 4.69) is 27.0 Å². The molecule has 1 aromatic heterocycles. The van der Waals surface area contributed by atoms with Crippen molar-refractivity contribution in [2.24, 2.45) is 0 Å². The third-order valence-corrected chi connectivity index (χ3v) is 3.48. The van der Waals surface area contributed by atoms with Gasteiger partial charge in [0.2, 0.25) is 0 Å². The highest BCUT2D eigenvalue weighted by Gasteiger charge is 2.02. The van der Waals surface area contributed by atoms with E-state index in [0.29, 0.717) is 6.61 Å². The molecule has 0 fully saturated rings. The van der Waals surface area contributed by atoms with Crippen molar-refractivity contribution in [3.8, 4) is 5.75 Å². The summed E-state index contributed by atoms with van der Waals surface area (Å²) in [5, 5.41) is 0. The number of para-hydroxylation sites is 1. The minimum Gasteiger partial charge on any atom is -0.486 e. The van der Waals surface area contributed by atoms with Gasteiger partial charge in [0.05, 0.1) is 5.69 Å². The van der Waals surface area contributed by atoms with Crippen LogP contribution in [-0.2, 0) is 6.61 Å². The maximum Gasteiger partial charge on any atom is 0.133 e. The van der Waals surface area contributed by atoms with Gasteiger partial charge in [-0.25, -0.2) is 0 Å². The molecule has 0 aliphatic carbocycles. The number of hydrogen-bond donors (Lipinski definition) is 0. The Balaban J connectivity index is 2.04. The van der Waals surface area contributed by atoms with Gasteiger partial charge >= 0.3 is 0 Å². The monoisotopic (exact) mass is 309 g/mol. The van der Waals surface area contributed by atoms with Crippen molar-refractivity contribution in [1.29, 1.82) is 0 Å². The third-order valence-electron chi connectivity index (χ3n) is 2.23. The number of hydrogen-bond acceptors (Lipinski definition) is 3. The molecular weight excluding hydrogens is 298 g/mol. The zero-order valence-corrected chi connectivity index (χ0v) is 11.8. The summed E-state index contributed by atoms with van der Waals surface area (Å²) < 4.78 is 6.73. The Kier molecular flexibility index (Phi) is 4.45. The average molecular weight is 310 g/mol. The minimum atomic E-state index is 0.491. The fourth-order valence-corrected chi connectivity index (χ4v) is 2.16. The quantitative estimate of drug-likeness (QED) is 0.792. The van der Waals surface area contributed by atoms with E-state index in [9.17, 15) is 0 Å². The van der Waals surface area contributed by atoms with Gasteiger partial charge in [0.15, 0.2) is 0 Å². The van der Waals surface area contributed by atoms with Gasteiger partial charge in [-0.2, -0.15) is 0 Å². The van der Waals surface area contributed by atoms with Crippen LogP contribution in [0.2, 0.25) is 0 Å². The maximum atomic E-state index is 5.76. The summed E-state index contributed by atoms with van der Waals surface area (Å²) in [6.45, 7) is 0.491. The molecule has 4 heteroatoms. The van der Waals surface area contributed by atoms with Gasteiger partial charge in [-0.1, -0.05) is 12.1 Å². The molecule has 0 saturated heterocycles. The van der Waals surface area contributed by atoms with Crippen LogP contribution in [0, 0.1) is 0 Å². The first-order chi connectivity index (χ1) is 8.29. The van der Waals surface area contributed by atoms with Crippen LogP contribution in [-0.4, -0.2) is 11.2 Å². The highest BCUT2D eigenvalue weighted by molar-refractivity contribution is 9.10. The second-order valence-corrected chi connectivity index (χ2v) is 5.17. The van der Waals surface area contributed by atoms with Crippen LogP contribution < -0.4 is 4.74 Å². The van der Waals surface area contributed by atoms with Crippen molar-refractivity contribution < 1.29 is 4.74 Å². The van der Waals surface area contributed by atoms with Gasteiger partial charge in [-0.3, -0.25) is 4.98 Å². The normalized spacial score (nSPS) is 10.2. The number of pyridine rings is 1. The number of nitrogens with zero attached hydrogens (tertiary/aromatic N) is 1. The van der Waals surface area contributed by atoms with Gasteiger partial charge in [-0.05, 0) is 46.5 Å². The maximum absolute atomic E-state index is 5.76. The molecule has 2 rings (SSSR count). The number of ether oxygens (including phenoxy) is 1. The Labute approximate surface area is 114 Å². The summed E-state index contributed by atoms with van der Waals surface area (Å²) in [5.41, 5.74) is 0.920. The Bertz CT molecular complexity index is 487. The van der Waals surface area contributed by atoms with Crippen LogP contribution in [0.15, 0.2) is 52.0 Å². The van der Waals surface area contributed by atoms with Crippen molar-refractivity contribution in [1.82, 2.24) is 4.98 Å². The molecule has 1 heterocycles. The summed E-state index contributed by atoms with van der Waals surface area (Å²) in [6, 6.07) is 11.9. The topological polar surface area (TPSA) is 22.1 Å². The highest BCUT2D eigenvalue weighted by atomic mass is 79.9. The molecule has 0 N–H and O–H groups in total. The molecule has 17 heavy (non-hydrogen) atoms. The fourth-order valence-electron chi connectivity index (χ4n) is 1.38. The number of aromatic nitrogens is 1. The van der Waals surface area contributed by atoms with Crippen molar-refractivity contribution in [3.05, 3.63) is 52.8 Å². The van der Waals surface area contributed by atoms with E-state index in [1.165, 1.54) is 0 Å². The lowest BCUT2D eigenvalue weighted by Gasteiger charge is -2.09. The van der Waals surface area contributed by atoms with Crippen LogP contribution in [0.25, 0.3) is 0 Å². The second kappa shape index (κ2) is 6.07. The summed E-state index contributed by atoms with van der Waals surface area (Å²) in [4.78, 5) is 5.41. The van der Waals surface area contributed by atoms with E-state index < -0.39 is 0 Å². The van der Waals surface area contributed by atoms with E-state index in [-0.39, 0.29) is 0 Å². The van der Waals surface area contributed by atoms with Crippen LogP contribution in [0.5, 0.6) is 5.75 Å². The first-order valence-electron chi connectivity index (χ1n) is 5.16. The number of halogens is 1. The lowest BCUT2D eigenvalue weighted by atomic mass is 10.3. The molecule has 1 aromatic carbocycles. The predicted octanol–water partition coefficient (Wildman–Crippen LogP) is 4.15. The van der Waals surface area contributed by atoms with Gasteiger partial charge in [-0.15, -0.1) is 11.8 Å². The molecule has 2 nitrogen and oxygen atoms in total. The molecule has 0 aliphatic heterocycles. The van der Waals surface area contributed by atoms with Crippen LogP contribution >= 0.6 is 27.7 Å². The van der Waals surface area contributed by atoms with E-state index in [0.717, 1.165) is 20.8 Å². The molecule has 0 atom stereocenters. The zero-order chi connectivity index (χ0) is 12.1. The lowest BCUT2D eigenvalue weighted by Crippen LogP contribution is -1.98. The minimum absolute atomic E-state index is 0.491. The Hall–Kier alpha value is -1.00. The number of rotatable bonds is 4. The summed E-state index contributed by atoms with van der Waals surface area (Å²) in [5.74, 6) is 0.907. The van der Waals surface area contributed by atoms with Crippen LogP contribution in [0.3, 0.4) is 0 Å². The molecular formula is C13H12BrNOS. The molecule has 88 valence electrons. The van der Waals surface area contributed by atoms with E-state index in [1.54, 1.807) is 18.0 Å². The second-order valence-electron chi connectivity index (χ2n) is 3.41. The lowest BCUT2D eigenvalue weighted by molar-refractivity contribution is 0.294. The molecule has 0 bridgehead atoms. The number of thioether (sulfide) groups is 1. The fraction of sp³-hybridized carbons (Fsp3) is 0.154. The smallest absolute Gasteiger partial charge is 0.133 e. The van der Waals surface area contributed by atoms with Gasteiger partial charge in [0.1, 0.15) is 12.4 Å². The van der Waals surface area contributed by atoms with E-state index in [1.807, 2.05) is 36.6 Å². The summed E-state index contributed by atoms with van der Waals surface area (Å²) in [6.07, 6.45) is 3.82. The Morgan fingerprint density at radius 2 is 2.06 bits per heavy atom. The standard InChI is InChI=1S/C13H12BrNOS/c1-17-13-5-3-2-4-12(13)16-9-11-7-6-10(14)8-15-11/h2-8H,9H2,1H3. The van der Waals surface area contributed by atoms with Crippen LogP contribution in [0.1, 0.15) is 5.69 Å². The first kappa shape index (κ1) is 12.5. The largest absolute Gasteiger partial charge is 0.486 e. The molecule has 0 saturated carbocycles. The van der Waals surface area contributed by atoms with Crippen molar-refractivity contribution in [2.45, 2.75) is 11.5 Å². The zero-order valence-electron chi connectivity index (χ0n) is 9.39. The van der Waals surface area contributed by atoms with Gasteiger partial charge < -0.3 is 4.74 Å². The summed E-state index contributed by atoms with van der Waals surface area (Å²) in [7, 11) is 0. The molecule has 0 amide bonds. The molecule has 0 aliphatic rings. The summed E-state index contributed by atoms with van der Waals surface area (Å²) >= 11 is 5.04. The SMILES string of the molecule is CSc1ccccc1OCc1ccc(Br)cn1. The van der Waals surface area contributed by atoms with Crippen molar-refractivity contribution in [3.63, 3.8) is 0 Å². The van der Waals surface area contributed by atoms with Crippen molar-refractivity contribution >= 4 is 27.7 Å². The highest BCUT2D eigenvalue weighted by Crippen LogP contribution is 2.27. The third kappa shape index (κ3) is 3.48. The Morgan fingerprint density at radius 3 is 2.76 bits per heavy atom. The van der Waals surface area contributed by atoms with Gasteiger partial charge in [0.25, 0.3) is 0 Å². The Morgan fingerprint density at radius 1 is 1.24 bits per heavy atom.